The van der Waals surface area contributed by atoms with Crippen LogP contribution in [-0.4, -0.2) is 4.98 Å². The number of fused-ring (bicyclic) bond motifs is 1. The first-order chi connectivity index (χ1) is 8.65. The molecule has 1 aromatic heterocycles. The van der Waals surface area contributed by atoms with Gasteiger partial charge in [0.1, 0.15) is 0 Å². The lowest BCUT2D eigenvalue weighted by Crippen LogP contribution is -1.81. The van der Waals surface area contributed by atoms with Crippen LogP contribution in [0, 0.1) is 20.8 Å². The molecule has 0 fully saturated rings. The Kier molecular flexibility index (Phi) is 2.48. The third-order valence-electron chi connectivity index (χ3n) is 3.52. The molecule has 0 unspecified atom stereocenters. The van der Waals surface area contributed by atoms with Gasteiger partial charge in [0.15, 0.2) is 0 Å². The van der Waals surface area contributed by atoms with Crippen molar-refractivity contribution >= 4 is 10.9 Å². The van der Waals surface area contributed by atoms with E-state index >= 15 is 0 Å². The number of rotatable bonds is 1. The van der Waals surface area contributed by atoms with Gasteiger partial charge in [-0.25, -0.2) is 0 Å². The quantitative estimate of drug-likeness (QED) is 0.626. The van der Waals surface area contributed by atoms with E-state index in [4.69, 9.17) is 0 Å². The molecule has 0 aliphatic heterocycles. The van der Waals surface area contributed by atoms with Crippen molar-refractivity contribution in [1.29, 1.82) is 0 Å². The van der Waals surface area contributed by atoms with Crippen LogP contribution in [0.3, 0.4) is 0 Å². The van der Waals surface area contributed by atoms with Gasteiger partial charge in [0, 0.05) is 22.2 Å². The van der Waals surface area contributed by atoms with Gasteiger partial charge in [-0.05, 0) is 49.6 Å². The fourth-order valence-corrected chi connectivity index (χ4v) is 2.62. The van der Waals surface area contributed by atoms with Crippen molar-refractivity contribution in [3.05, 3.63) is 59.2 Å². The van der Waals surface area contributed by atoms with Crippen LogP contribution in [0.15, 0.2) is 42.5 Å². The molecule has 3 aromatic rings. The smallest absolute Gasteiger partial charge is 0.0467 e. The maximum absolute atomic E-state index is 3.53. The van der Waals surface area contributed by atoms with E-state index < -0.39 is 0 Å². The van der Waals surface area contributed by atoms with Gasteiger partial charge in [-0.15, -0.1) is 0 Å². The molecular formula is C17H17N. The Bertz CT molecular complexity index is 720. The van der Waals surface area contributed by atoms with Gasteiger partial charge in [0.25, 0.3) is 0 Å². The van der Waals surface area contributed by atoms with Crippen LogP contribution in [0.4, 0.5) is 0 Å². The highest BCUT2D eigenvalue weighted by molar-refractivity contribution is 5.89. The van der Waals surface area contributed by atoms with Crippen LogP contribution in [0.2, 0.25) is 0 Å². The number of nitrogens with one attached hydrogen (secondary N) is 1. The molecule has 2 aromatic carbocycles. The Morgan fingerprint density at radius 1 is 0.833 bits per heavy atom. The minimum atomic E-state index is 1.21. The molecule has 18 heavy (non-hydrogen) atoms. The third kappa shape index (κ3) is 1.72. The largest absolute Gasteiger partial charge is 0.355 e. The summed E-state index contributed by atoms with van der Waals surface area (Å²) in [6, 6.07) is 15.2. The zero-order valence-electron chi connectivity index (χ0n) is 11.0. The molecule has 1 heterocycles. The summed E-state index contributed by atoms with van der Waals surface area (Å²) in [5.74, 6) is 0. The molecule has 90 valence electrons. The number of aryl methyl sites for hydroxylation is 3. The highest BCUT2D eigenvalue weighted by Crippen LogP contribution is 2.28. The topological polar surface area (TPSA) is 15.8 Å². The van der Waals surface area contributed by atoms with Crippen molar-refractivity contribution in [2.75, 3.05) is 0 Å². The Morgan fingerprint density at radius 3 is 2.39 bits per heavy atom. The summed E-state index contributed by atoms with van der Waals surface area (Å²) in [4.78, 5) is 3.53. The summed E-state index contributed by atoms with van der Waals surface area (Å²) in [6.45, 7) is 6.46. The second-order valence-corrected chi connectivity index (χ2v) is 5.04. The first kappa shape index (κ1) is 11.1. The molecule has 0 amide bonds. The SMILES string of the molecule is Cc1cc(C)c2cc(-c3ccccc3C)[nH]c2c1. The van der Waals surface area contributed by atoms with Crippen molar-refractivity contribution in [2.45, 2.75) is 20.8 Å². The van der Waals surface area contributed by atoms with E-state index in [1.165, 1.54) is 38.9 Å². The third-order valence-corrected chi connectivity index (χ3v) is 3.52. The van der Waals surface area contributed by atoms with Gasteiger partial charge < -0.3 is 4.98 Å². The Morgan fingerprint density at radius 2 is 1.61 bits per heavy atom. The second kappa shape index (κ2) is 4.02. The van der Waals surface area contributed by atoms with E-state index in [9.17, 15) is 0 Å². The molecule has 0 radical (unpaired) electrons. The Hall–Kier alpha value is -2.02. The van der Waals surface area contributed by atoms with E-state index in [2.05, 4.69) is 68.2 Å². The van der Waals surface area contributed by atoms with E-state index in [1.807, 2.05) is 0 Å². The van der Waals surface area contributed by atoms with Crippen LogP contribution in [0.25, 0.3) is 22.2 Å². The molecule has 1 heteroatoms. The lowest BCUT2D eigenvalue weighted by atomic mass is 10.0. The van der Waals surface area contributed by atoms with Crippen molar-refractivity contribution in [2.24, 2.45) is 0 Å². The number of benzene rings is 2. The lowest BCUT2D eigenvalue weighted by Gasteiger charge is -2.01. The van der Waals surface area contributed by atoms with Crippen LogP contribution < -0.4 is 0 Å². The predicted molar refractivity (Wildman–Crippen MR) is 77.9 cm³/mol. The van der Waals surface area contributed by atoms with E-state index in [1.54, 1.807) is 0 Å². The van der Waals surface area contributed by atoms with Crippen LogP contribution in [-0.2, 0) is 0 Å². The molecule has 0 spiro atoms. The van der Waals surface area contributed by atoms with E-state index in [0.29, 0.717) is 0 Å². The molecular weight excluding hydrogens is 218 g/mol. The van der Waals surface area contributed by atoms with E-state index in [0.717, 1.165) is 0 Å². The van der Waals surface area contributed by atoms with Crippen LogP contribution >= 0.6 is 0 Å². The molecule has 0 atom stereocenters. The van der Waals surface area contributed by atoms with Gasteiger partial charge in [-0.1, -0.05) is 30.3 Å². The average molecular weight is 235 g/mol. The molecule has 3 rings (SSSR count). The van der Waals surface area contributed by atoms with E-state index in [-0.39, 0.29) is 0 Å². The molecule has 0 saturated heterocycles. The number of hydrogen-bond donors (Lipinski definition) is 1. The minimum Gasteiger partial charge on any atom is -0.355 e. The molecule has 0 aliphatic carbocycles. The predicted octanol–water partition coefficient (Wildman–Crippen LogP) is 4.76. The highest BCUT2D eigenvalue weighted by Gasteiger charge is 2.07. The van der Waals surface area contributed by atoms with Crippen molar-refractivity contribution < 1.29 is 0 Å². The molecule has 1 N–H and O–H groups in total. The lowest BCUT2D eigenvalue weighted by molar-refractivity contribution is 1.38. The monoisotopic (exact) mass is 235 g/mol. The van der Waals surface area contributed by atoms with Crippen LogP contribution in [0.1, 0.15) is 16.7 Å². The number of H-pyrrole nitrogens is 1. The Labute approximate surface area is 107 Å². The minimum absolute atomic E-state index is 1.21. The van der Waals surface area contributed by atoms with Crippen LogP contribution in [0.5, 0.6) is 0 Å². The van der Waals surface area contributed by atoms with Gasteiger partial charge in [0.2, 0.25) is 0 Å². The van der Waals surface area contributed by atoms with Crippen molar-refractivity contribution in [3.63, 3.8) is 0 Å². The van der Waals surface area contributed by atoms with Crippen molar-refractivity contribution in [1.82, 2.24) is 4.98 Å². The summed E-state index contributed by atoms with van der Waals surface area (Å²) >= 11 is 0. The zero-order chi connectivity index (χ0) is 12.7. The number of aromatic nitrogens is 1. The zero-order valence-corrected chi connectivity index (χ0v) is 11.0. The Balaban J connectivity index is 2.26. The maximum atomic E-state index is 3.53. The standard InChI is InChI=1S/C17H17N/c1-11-8-13(3)15-10-17(18-16(15)9-11)14-7-5-4-6-12(14)2/h4-10,18H,1-3H3. The summed E-state index contributed by atoms with van der Waals surface area (Å²) in [5.41, 5.74) is 7.66. The fraction of sp³-hybridized carbons (Fsp3) is 0.176. The first-order valence-electron chi connectivity index (χ1n) is 6.31. The molecule has 1 nitrogen and oxygen atoms in total. The number of aromatic amines is 1. The van der Waals surface area contributed by atoms with Gasteiger partial charge >= 0.3 is 0 Å². The summed E-state index contributed by atoms with van der Waals surface area (Å²) < 4.78 is 0. The normalized spacial score (nSPS) is 11.1. The molecule has 0 aliphatic rings. The molecule has 0 bridgehead atoms. The summed E-state index contributed by atoms with van der Waals surface area (Å²) in [7, 11) is 0. The first-order valence-corrected chi connectivity index (χ1v) is 6.31. The van der Waals surface area contributed by atoms with Crippen molar-refractivity contribution in [3.8, 4) is 11.3 Å². The maximum Gasteiger partial charge on any atom is 0.0467 e. The van der Waals surface area contributed by atoms with Gasteiger partial charge in [-0.2, -0.15) is 0 Å². The molecule has 0 saturated carbocycles. The fourth-order valence-electron chi connectivity index (χ4n) is 2.62. The van der Waals surface area contributed by atoms with Gasteiger partial charge in [-0.3, -0.25) is 0 Å². The second-order valence-electron chi connectivity index (χ2n) is 5.04. The number of hydrogen-bond acceptors (Lipinski definition) is 0. The summed E-state index contributed by atoms with van der Waals surface area (Å²) in [5, 5.41) is 1.32. The average Bonchev–Trinajstić information content (AvgIpc) is 2.73. The van der Waals surface area contributed by atoms with Gasteiger partial charge in [0.05, 0.1) is 0 Å². The summed E-state index contributed by atoms with van der Waals surface area (Å²) in [6.07, 6.45) is 0. The highest BCUT2D eigenvalue weighted by atomic mass is 14.7.